The normalized spacial score (nSPS) is 13.0. The van der Waals surface area contributed by atoms with Crippen molar-refractivity contribution in [2.75, 3.05) is 44.0 Å². The summed E-state index contributed by atoms with van der Waals surface area (Å²) in [7, 11) is 5.18. The average molecular weight is 551 g/mol. The highest BCUT2D eigenvalue weighted by atomic mass is 35.5. The van der Waals surface area contributed by atoms with Crippen LogP contribution < -0.4 is 15.5 Å². The van der Waals surface area contributed by atoms with E-state index in [2.05, 4.69) is 20.8 Å². The molecule has 1 aromatic heterocycles. The molecule has 1 aliphatic heterocycles. The second-order valence-electron chi connectivity index (χ2n) is 9.31. The molecule has 204 valence electrons. The first-order valence-electron chi connectivity index (χ1n) is 12.6. The van der Waals surface area contributed by atoms with E-state index >= 15 is 0 Å². The monoisotopic (exact) mass is 550 g/mol. The molecule has 0 radical (unpaired) electrons. The number of phenolic OH excluding ortho intramolecular Hbond substituents is 1. The molecule has 1 fully saturated rings. The van der Waals surface area contributed by atoms with Crippen molar-refractivity contribution in [3.05, 3.63) is 71.9 Å². The van der Waals surface area contributed by atoms with Crippen molar-refractivity contribution in [2.24, 2.45) is 5.73 Å². The van der Waals surface area contributed by atoms with Gasteiger partial charge in [-0.25, -0.2) is 4.39 Å². The number of hydrogen-bond acceptors (Lipinski definition) is 6. The van der Waals surface area contributed by atoms with Gasteiger partial charge in [0.1, 0.15) is 11.6 Å². The molecular weight excluding hydrogens is 519 g/mol. The Morgan fingerprint density at radius 1 is 1.05 bits per heavy atom. The van der Waals surface area contributed by atoms with E-state index in [0.29, 0.717) is 34.4 Å². The van der Waals surface area contributed by atoms with Crippen LogP contribution in [0.25, 0.3) is 33.2 Å². The molecule has 8 nitrogen and oxygen atoms in total. The maximum absolute atomic E-state index is 14.9. The number of fused-ring (bicyclic) bond motifs is 1. The van der Waals surface area contributed by atoms with Gasteiger partial charge in [0.25, 0.3) is 0 Å². The second-order valence-corrected chi connectivity index (χ2v) is 9.72. The minimum atomic E-state index is -0.487. The molecule has 4 N–H and O–H groups in total. The third-order valence-electron chi connectivity index (χ3n) is 6.55. The molecule has 0 bridgehead atoms. The van der Waals surface area contributed by atoms with Gasteiger partial charge in [0.2, 0.25) is 6.41 Å². The Bertz CT molecular complexity index is 1500. The van der Waals surface area contributed by atoms with E-state index in [9.17, 15) is 14.3 Å². The summed E-state index contributed by atoms with van der Waals surface area (Å²) in [6, 6.07) is 11.4. The van der Waals surface area contributed by atoms with E-state index in [1.165, 1.54) is 24.1 Å². The Hall–Kier alpha value is -4.08. The predicted molar refractivity (Wildman–Crippen MR) is 157 cm³/mol. The molecule has 1 aliphatic rings. The molecule has 0 unspecified atom stereocenters. The Balaban J connectivity index is 0.00000172. The molecule has 4 aromatic rings. The first kappa shape index (κ1) is 27.9. The summed E-state index contributed by atoms with van der Waals surface area (Å²) in [5.74, 6) is -0.546. The fourth-order valence-corrected chi connectivity index (χ4v) is 4.99. The third-order valence-corrected chi connectivity index (χ3v) is 6.85. The van der Waals surface area contributed by atoms with Crippen LogP contribution in [0.2, 0.25) is 5.02 Å². The van der Waals surface area contributed by atoms with Crippen LogP contribution in [0.3, 0.4) is 0 Å². The molecule has 3 aromatic carbocycles. The minimum Gasteiger partial charge on any atom is -0.507 e. The summed E-state index contributed by atoms with van der Waals surface area (Å²) in [5, 5.41) is 19.8. The molecule has 1 amide bonds. The second kappa shape index (κ2) is 12.2. The standard InChI is InChI=1S/C28H27ClFN5O2.CH5N/c1-33(2)9-10-35(17-36)26-6-5-18(11-24(26)29)21-14-20(30)15-22(28(21)37)19-12-25-23(16-31-32-25)27(13-19)34-7-3-4-8-34;1-2/h5-6,9-17,37H,3-4,7-8H2,1-2H3,(H,31,32);2H2,1H3/b10-9-;. The molecule has 10 heteroatoms. The summed E-state index contributed by atoms with van der Waals surface area (Å²) >= 11 is 6.52. The third kappa shape index (κ3) is 5.84. The van der Waals surface area contributed by atoms with Crippen LogP contribution >= 0.6 is 11.6 Å². The summed E-state index contributed by atoms with van der Waals surface area (Å²) in [6.45, 7) is 1.88. The smallest absolute Gasteiger partial charge is 0.218 e. The van der Waals surface area contributed by atoms with Crippen molar-refractivity contribution in [1.82, 2.24) is 15.1 Å². The van der Waals surface area contributed by atoms with Crippen LogP contribution in [-0.4, -0.2) is 60.8 Å². The Labute approximate surface area is 232 Å². The van der Waals surface area contributed by atoms with Gasteiger partial charge < -0.3 is 20.6 Å². The van der Waals surface area contributed by atoms with Gasteiger partial charge in [-0.3, -0.25) is 14.8 Å². The number of aromatic nitrogens is 2. The van der Waals surface area contributed by atoms with Crippen LogP contribution in [0.4, 0.5) is 15.8 Å². The zero-order valence-electron chi connectivity index (χ0n) is 22.2. The number of benzene rings is 3. The number of hydrogen-bond donors (Lipinski definition) is 3. The van der Waals surface area contributed by atoms with Gasteiger partial charge in [0, 0.05) is 61.8 Å². The highest BCUT2D eigenvalue weighted by Crippen LogP contribution is 2.43. The molecule has 0 spiro atoms. The largest absolute Gasteiger partial charge is 0.507 e. The van der Waals surface area contributed by atoms with Gasteiger partial charge >= 0.3 is 0 Å². The zero-order valence-corrected chi connectivity index (χ0v) is 22.9. The molecular formula is C29H32ClFN6O2. The molecule has 5 rings (SSSR count). The van der Waals surface area contributed by atoms with Crippen molar-refractivity contribution >= 4 is 40.3 Å². The number of amides is 1. The van der Waals surface area contributed by atoms with E-state index in [1.807, 2.05) is 26.2 Å². The topological polar surface area (TPSA) is 102 Å². The number of phenols is 1. The van der Waals surface area contributed by atoms with Crippen LogP contribution in [0.5, 0.6) is 5.75 Å². The van der Waals surface area contributed by atoms with Crippen LogP contribution in [0.15, 0.2) is 61.1 Å². The number of nitrogens with one attached hydrogen (secondary N) is 1. The fourth-order valence-electron chi connectivity index (χ4n) is 4.71. The van der Waals surface area contributed by atoms with Gasteiger partial charge in [0.15, 0.2) is 0 Å². The molecule has 39 heavy (non-hydrogen) atoms. The first-order chi connectivity index (χ1) is 18.9. The number of nitrogens with two attached hydrogens (primary N) is 1. The van der Waals surface area contributed by atoms with Gasteiger partial charge in [0.05, 0.1) is 22.4 Å². The summed E-state index contributed by atoms with van der Waals surface area (Å²) in [4.78, 5) is 17.1. The maximum Gasteiger partial charge on any atom is 0.218 e. The molecule has 2 heterocycles. The number of rotatable bonds is 7. The Kier molecular flexibility index (Phi) is 8.73. The molecule has 0 saturated carbocycles. The summed E-state index contributed by atoms with van der Waals surface area (Å²) in [6.07, 6.45) is 7.99. The minimum absolute atomic E-state index is 0.0591. The number of aromatic hydroxyl groups is 1. The Morgan fingerprint density at radius 2 is 1.74 bits per heavy atom. The highest BCUT2D eigenvalue weighted by Gasteiger charge is 2.20. The SMILES string of the molecule is CN.CN(C)/C=C\N(C=O)c1ccc(-c2cc(F)cc(-c3cc(N4CCCC4)c4cn[nH]c4c3)c2O)cc1Cl. The highest BCUT2D eigenvalue weighted by molar-refractivity contribution is 6.34. The quantitative estimate of drug-likeness (QED) is 0.260. The molecule has 1 saturated heterocycles. The van der Waals surface area contributed by atoms with E-state index in [0.717, 1.165) is 42.5 Å². The van der Waals surface area contributed by atoms with Crippen LogP contribution in [0.1, 0.15) is 12.8 Å². The van der Waals surface area contributed by atoms with E-state index in [-0.39, 0.29) is 10.8 Å². The number of halogens is 2. The lowest BCUT2D eigenvalue weighted by Crippen LogP contribution is -2.17. The van der Waals surface area contributed by atoms with Crippen LogP contribution in [-0.2, 0) is 4.79 Å². The van der Waals surface area contributed by atoms with E-state index in [1.54, 1.807) is 41.7 Å². The van der Waals surface area contributed by atoms with Crippen molar-refractivity contribution < 1.29 is 14.3 Å². The van der Waals surface area contributed by atoms with Crippen molar-refractivity contribution in [1.29, 1.82) is 0 Å². The van der Waals surface area contributed by atoms with Crippen molar-refractivity contribution in [3.8, 4) is 28.0 Å². The van der Waals surface area contributed by atoms with Crippen molar-refractivity contribution in [3.63, 3.8) is 0 Å². The number of carbonyl (C=O) groups excluding carboxylic acids is 1. The lowest BCUT2D eigenvalue weighted by Gasteiger charge is -2.20. The number of carbonyl (C=O) groups is 1. The maximum atomic E-state index is 14.9. The average Bonchev–Trinajstić information content (AvgIpc) is 3.64. The summed E-state index contributed by atoms with van der Waals surface area (Å²) in [5.41, 5.74) is 8.67. The lowest BCUT2D eigenvalue weighted by molar-refractivity contribution is -0.106. The number of nitrogens with zero attached hydrogens (tertiary/aromatic N) is 4. The predicted octanol–water partition coefficient (Wildman–Crippen LogP) is 5.57. The van der Waals surface area contributed by atoms with E-state index < -0.39 is 5.82 Å². The van der Waals surface area contributed by atoms with Crippen molar-refractivity contribution in [2.45, 2.75) is 12.8 Å². The van der Waals surface area contributed by atoms with Gasteiger partial charge in [-0.1, -0.05) is 17.7 Å². The van der Waals surface area contributed by atoms with Gasteiger partial charge in [-0.2, -0.15) is 5.10 Å². The van der Waals surface area contributed by atoms with Gasteiger partial charge in [-0.15, -0.1) is 0 Å². The summed E-state index contributed by atoms with van der Waals surface area (Å²) < 4.78 is 14.9. The lowest BCUT2D eigenvalue weighted by atomic mass is 9.95. The number of anilines is 2. The van der Waals surface area contributed by atoms with E-state index in [4.69, 9.17) is 11.6 Å². The first-order valence-corrected chi connectivity index (χ1v) is 12.9. The molecule has 0 atom stereocenters. The van der Waals surface area contributed by atoms with Crippen LogP contribution in [0, 0.1) is 5.82 Å². The Morgan fingerprint density at radius 3 is 2.38 bits per heavy atom. The number of aromatic amines is 1. The zero-order chi connectivity index (χ0) is 28.1. The van der Waals surface area contributed by atoms with Gasteiger partial charge in [-0.05, 0) is 67.4 Å². The molecule has 0 aliphatic carbocycles. The fraction of sp³-hybridized carbons (Fsp3) is 0.241. The number of H-pyrrole nitrogens is 1.